The largest absolute Gasteiger partial charge is 0.496 e. The minimum atomic E-state index is 0.606. The highest BCUT2D eigenvalue weighted by molar-refractivity contribution is 5.87. The summed E-state index contributed by atoms with van der Waals surface area (Å²) in [6.07, 6.45) is 0.827. The second kappa shape index (κ2) is 4.41. The van der Waals surface area contributed by atoms with Crippen molar-refractivity contribution in [2.24, 2.45) is 0 Å². The molecular weight excluding hydrogens is 216 g/mol. The van der Waals surface area contributed by atoms with Crippen LogP contribution in [0.4, 0.5) is 0 Å². The van der Waals surface area contributed by atoms with E-state index in [1.54, 1.807) is 7.11 Å². The van der Waals surface area contributed by atoms with Gasteiger partial charge in [0.15, 0.2) is 6.29 Å². The van der Waals surface area contributed by atoms with E-state index < -0.39 is 0 Å². The maximum Gasteiger partial charge on any atom is 0.154 e. The Morgan fingerprint density at radius 1 is 1.35 bits per heavy atom. The molecule has 0 aliphatic heterocycles. The van der Waals surface area contributed by atoms with Crippen LogP contribution in [0.5, 0.6) is 5.75 Å². The van der Waals surface area contributed by atoms with Crippen molar-refractivity contribution < 1.29 is 9.53 Å². The molecule has 0 aliphatic rings. The van der Waals surface area contributed by atoms with Gasteiger partial charge in [-0.25, -0.2) is 0 Å². The van der Waals surface area contributed by atoms with E-state index in [4.69, 9.17) is 4.74 Å². The van der Waals surface area contributed by atoms with Crippen molar-refractivity contribution in [3.63, 3.8) is 0 Å². The number of aryl methyl sites for hydroxylation is 2. The Morgan fingerprint density at radius 3 is 2.71 bits per heavy atom. The zero-order chi connectivity index (χ0) is 12.4. The molecule has 0 amide bonds. The lowest BCUT2D eigenvalue weighted by Crippen LogP contribution is -1.90. The molecule has 0 fully saturated rings. The third-order valence-electron chi connectivity index (χ3n) is 2.78. The van der Waals surface area contributed by atoms with Crippen LogP contribution >= 0.6 is 0 Å². The Bertz CT molecular complexity index is 559. The first-order valence-corrected chi connectivity index (χ1v) is 5.32. The molecule has 0 aliphatic carbocycles. The Kier molecular flexibility index (Phi) is 2.95. The normalized spacial score (nSPS) is 10.3. The van der Waals surface area contributed by atoms with E-state index in [0.29, 0.717) is 11.3 Å². The van der Waals surface area contributed by atoms with Gasteiger partial charge in [0.25, 0.3) is 0 Å². The number of aldehydes is 1. The summed E-state index contributed by atoms with van der Waals surface area (Å²) in [7, 11) is 1.64. The van der Waals surface area contributed by atoms with E-state index >= 15 is 0 Å². The van der Waals surface area contributed by atoms with Crippen molar-refractivity contribution in [3.05, 3.63) is 35.0 Å². The fraction of sp³-hybridized carbons (Fsp3) is 0.231. The summed E-state index contributed by atoms with van der Waals surface area (Å²) in [6.45, 7) is 3.79. The number of benzene rings is 1. The van der Waals surface area contributed by atoms with Crippen LogP contribution in [-0.4, -0.2) is 23.6 Å². The molecule has 88 valence electrons. The zero-order valence-electron chi connectivity index (χ0n) is 10.1. The first kappa shape index (κ1) is 11.4. The molecule has 1 aromatic carbocycles. The summed E-state index contributed by atoms with van der Waals surface area (Å²) in [6, 6.07) is 5.74. The molecule has 17 heavy (non-hydrogen) atoms. The van der Waals surface area contributed by atoms with Crippen LogP contribution in [0.3, 0.4) is 0 Å². The number of hydrogen-bond donors (Lipinski definition) is 1. The summed E-state index contributed by atoms with van der Waals surface area (Å²) < 4.78 is 5.20. The molecule has 1 aromatic heterocycles. The minimum absolute atomic E-state index is 0.606. The number of carbonyl (C=O) groups excluding carboxylic acids is 1. The van der Waals surface area contributed by atoms with Gasteiger partial charge in [-0.2, -0.15) is 5.10 Å². The SMILES string of the molecule is COc1ccc(-c2n[nH]c(C)c2C=O)cc1C. The number of nitrogens with zero attached hydrogens (tertiary/aromatic N) is 1. The smallest absolute Gasteiger partial charge is 0.154 e. The van der Waals surface area contributed by atoms with Crippen LogP contribution in [0.15, 0.2) is 18.2 Å². The van der Waals surface area contributed by atoms with Crippen LogP contribution in [-0.2, 0) is 0 Å². The fourth-order valence-electron chi connectivity index (χ4n) is 1.83. The predicted molar refractivity (Wildman–Crippen MR) is 65.4 cm³/mol. The summed E-state index contributed by atoms with van der Waals surface area (Å²) in [5.41, 5.74) is 4.00. The first-order chi connectivity index (χ1) is 8.17. The van der Waals surface area contributed by atoms with Crippen molar-refractivity contribution in [1.82, 2.24) is 10.2 Å². The molecule has 0 bridgehead atoms. The molecule has 2 aromatic rings. The number of rotatable bonds is 3. The lowest BCUT2D eigenvalue weighted by Gasteiger charge is -2.06. The van der Waals surface area contributed by atoms with E-state index in [1.165, 1.54) is 0 Å². The first-order valence-electron chi connectivity index (χ1n) is 5.32. The number of nitrogens with one attached hydrogen (secondary N) is 1. The Morgan fingerprint density at radius 2 is 2.12 bits per heavy atom. The van der Waals surface area contributed by atoms with Crippen LogP contribution in [0.25, 0.3) is 11.3 Å². The molecule has 0 atom stereocenters. The van der Waals surface area contributed by atoms with Gasteiger partial charge in [-0.3, -0.25) is 9.89 Å². The molecule has 0 saturated heterocycles. The lowest BCUT2D eigenvalue weighted by molar-refractivity contribution is 0.112. The van der Waals surface area contributed by atoms with Crippen LogP contribution in [0.2, 0.25) is 0 Å². The van der Waals surface area contributed by atoms with E-state index in [2.05, 4.69) is 10.2 Å². The van der Waals surface area contributed by atoms with Crippen molar-refractivity contribution in [1.29, 1.82) is 0 Å². The summed E-state index contributed by atoms with van der Waals surface area (Å²) >= 11 is 0. The Balaban J connectivity index is 2.53. The van der Waals surface area contributed by atoms with E-state index in [0.717, 1.165) is 28.9 Å². The number of H-pyrrole nitrogens is 1. The van der Waals surface area contributed by atoms with Crippen LogP contribution in [0.1, 0.15) is 21.6 Å². The third kappa shape index (κ3) is 1.93. The second-order valence-electron chi connectivity index (χ2n) is 3.91. The molecule has 0 unspecified atom stereocenters. The quantitative estimate of drug-likeness (QED) is 0.824. The van der Waals surface area contributed by atoms with Gasteiger partial charge in [0.2, 0.25) is 0 Å². The second-order valence-corrected chi connectivity index (χ2v) is 3.91. The van der Waals surface area contributed by atoms with Gasteiger partial charge in [0.05, 0.1) is 12.7 Å². The van der Waals surface area contributed by atoms with Crippen LogP contribution < -0.4 is 4.74 Å². The molecule has 0 saturated carbocycles. The minimum Gasteiger partial charge on any atom is -0.496 e. The number of aromatic nitrogens is 2. The molecule has 0 spiro atoms. The van der Waals surface area contributed by atoms with Gasteiger partial charge >= 0.3 is 0 Å². The highest BCUT2D eigenvalue weighted by atomic mass is 16.5. The molecule has 4 heteroatoms. The molecule has 0 radical (unpaired) electrons. The molecule has 4 nitrogen and oxygen atoms in total. The maximum atomic E-state index is 11.0. The molecule has 1 heterocycles. The van der Waals surface area contributed by atoms with Gasteiger partial charge in [-0.1, -0.05) is 0 Å². The zero-order valence-corrected chi connectivity index (χ0v) is 10.1. The monoisotopic (exact) mass is 230 g/mol. The van der Waals surface area contributed by atoms with Gasteiger partial charge < -0.3 is 4.74 Å². The molecule has 1 N–H and O–H groups in total. The van der Waals surface area contributed by atoms with E-state index in [9.17, 15) is 4.79 Å². The number of ether oxygens (including phenoxy) is 1. The lowest BCUT2D eigenvalue weighted by atomic mass is 10.0. The third-order valence-corrected chi connectivity index (χ3v) is 2.78. The van der Waals surface area contributed by atoms with Gasteiger partial charge in [-0.15, -0.1) is 0 Å². The van der Waals surface area contributed by atoms with Gasteiger partial charge in [0.1, 0.15) is 11.4 Å². The van der Waals surface area contributed by atoms with Crippen molar-refractivity contribution in [2.45, 2.75) is 13.8 Å². The van der Waals surface area contributed by atoms with Crippen molar-refractivity contribution in [2.75, 3.05) is 7.11 Å². The summed E-state index contributed by atoms with van der Waals surface area (Å²) in [5.74, 6) is 0.827. The van der Waals surface area contributed by atoms with Crippen LogP contribution in [0, 0.1) is 13.8 Å². The van der Waals surface area contributed by atoms with E-state index in [-0.39, 0.29) is 0 Å². The van der Waals surface area contributed by atoms with Crippen molar-refractivity contribution >= 4 is 6.29 Å². The maximum absolute atomic E-state index is 11.0. The number of methoxy groups -OCH3 is 1. The predicted octanol–water partition coefficient (Wildman–Crippen LogP) is 2.51. The van der Waals surface area contributed by atoms with Gasteiger partial charge in [-0.05, 0) is 37.6 Å². The molecule has 2 rings (SSSR count). The Labute approximate surface area is 99.6 Å². The Hall–Kier alpha value is -2.10. The van der Waals surface area contributed by atoms with Crippen molar-refractivity contribution in [3.8, 4) is 17.0 Å². The average molecular weight is 230 g/mol. The number of aromatic amines is 1. The summed E-state index contributed by atoms with van der Waals surface area (Å²) in [4.78, 5) is 11.0. The number of carbonyl (C=O) groups is 1. The number of hydrogen-bond acceptors (Lipinski definition) is 3. The molecular formula is C13H14N2O2. The van der Waals surface area contributed by atoms with Gasteiger partial charge in [0, 0.05) is 11.3 Å². The topological polar surface area (TPSA) is 55.0 Å². The average Bonchev–Trinajstić information content (AvgIpc) is 2.70. The highest BCUT2D eigenvalue weighted by Gasteiger charge is 2.12. The van der Waals surface area contributed by atoms with E-state index in [1.807, 2.05) is 32.0 Å². The fourth-order valence-corrected chi connectivity index (χ4v) is 1.83. The highest BCUT2D eigenvalue weighted by Crippen LogP contribution is 2.27. The summed E-state index contributed by atoms with van der Waals surface area (Å²) in [5, 5.41) is 6.98. The standard InChI is InChI=1S/C13H14N2O2/c1-8-6-10(4-5-12(8)17-3)13-11(7-16)9(2)14-15-13/h4-7H,1-3H3,(H,14,15).